The first kappa shape index (κ1) is 12.7. The lowest BCUT2D eigenvalue weighted by Gasteiger charge is -2.33. The summed E-state index contributed by atoms with van der Waals surface area (Å²) in [5.74, 6) is 0.714. The monoisotopic (exact) mass is 256 g/mol. The molecule has 0 radical (unpaired) electrons. The molecule has 0 saturated carbocycles. The van der Waals surface area contributed by atoms with Gasteiger partial charge in [-0.1, -0.05) is 19.1 Å². The Bertz CT molecular complexity index is 553. The molecule has 0 amide bonds. The van der Waals surface area contributed by atoms with E-state index in [-0.39, 0.29) is 0 Å². The lowest BCUT2D eigenvalue weighted by molar-refractivity contribution is 0.209. The predicted octanol–water partition coefficient (Wildman–Crippen LogP) is 3.77. The van der Waals surface area contributed by atoms with E-state index < -0.39 is 0 Å². The Kier molecular flexibility index (Phi) is 3.61. The summed E-state index contributed by atoms with van der Waals surface area (Å²) >= 11 is 0. The molecule has 1 aliphatic rings. The van der Waals surface area contributed by atoms with Crippen LogP contribution in [0.2, 0.25) is 0 Å². The smallest absolute Gasteiger partial charge is 0.0480 e. The zero-order valence-corrected chi connectivity index (χ0v) is 12.1. The third-order valence-corrected chi connectivity index (χ3v) is 4.45. The summed E-state index contributed by atoms with van der Waals surface area (Å²) in [5, 5.41) is 1.45. The second-order valence-corrected chi connectivity index (χ2v) is 5.85. The Morgan fingerprint density at radius 3 is 3.00 bits per heavy atom. The second-order valence-electron chi connectivity index (χ2n) is 5.85. The first-order valence-corrected chi connectivity index (χ1v) is 7.56. The van der Waals surface area contributed by atoms with Crippen molar-refractivity contribution in [3.63, 3.8) is 0 Å². The summed E-state index contributed by atoms with van der Waals surface area (Å²) in [6, 6.07) is 9.06. The maximum absolute atomic E-state index is 2.63. The van der Waals surface area contributed by atoms with Gasteiger partial charge in [-0.05, 0) is 56.0 Å². The Morgan fingerprint density at radius 1 is 1.26 bits per heavy atom. The molecule has 1 aromatic carbocycles. The number of aromatic nitrogens is 1. The summed E-state index contributed by atoms with van der Waals surface area (Å²) in [6.45, 7) is 6.06. The van der Waals surface area contributed by atoms with Crippen LogP contribution < -0.4 is 0 Å². The van der Waals surface area contributed by atoms with Crippen LogP contribution in [0.5, 0.6) is 0 Å². The maximum Gasteiger partial charge on any atom is 0.0480 e. The minimum absolute atomic E-state index is 0.714. The van der Waals surface area contributed by atoms with Crippen molar-refractivity contribution in [2.24, 2.45) is 7.05 Å². The highest BCUT2D eigenvalue weighted by Gasteiger charge is 2.22. The Morgan fingerprint density at radius 2 is 2.16 bits per heavy atom. The minimum atomic E-state index is 0.714. The van der Waals surface area contributed by atoms with E-state index in [1.54, 1.807) is 5.56 Å². The van der Waals surface area contributed by atoms with Gasteiger partial charge in [0.2, 0.25) is 0 Å². The summed E-state index contributed by atoms with van der Waals surface area (Å²) in [7, 11) is 2.14. The summed E-state index contributed by atoms with van der Waals surface area (Å²) in [5.41, 5.74) is 2.92. The highest BCUT2D eigenvalue weighted by atomic mass is 15.1. The number of benzene rings is 1. The van der Waals surface area contributed by atoms with Crippen LogP contribution in [0.4, 0.5) is 0 Å². The van der Waals surface area contributed by atoms with Gasteiger partial charge in [-0.3, -0.25) is 0 Å². The topological polar surface area (TPSA) is 8.17 Å². The number of hydrogen-bond donors (Lipinski definition) is 0. The van der Waals surface area contributed by atoms with Gasteiger partial charge >= 0.3 is 0 Å². The highest BCUT2D eigenvalue weighted by molar-refractivity contribution is 5.84. The van der Waals surface area contributed by atoms with Gasteiger partial charge in [0.05, 0.1) is 0 Å². The highest BCUT2D eigenvalue weighted by Crippen LogP contribution is 2.32. The van der Waals surface area contributed by atoms with Gasteiger partial charge in [-0.2, -0.15) is 0 Å². The average molecular weight is 256 g/mol. The van der Waals surface area contributed by atoms with Crippen LogP contribution in [-0.2, 0) is 7.05 Å². The molecule has 102 valence electrons. The van der Waals surface area contributed by atoms with Crippen LogP contribution in [0.3, 0.4) is 0 Å². The first-order chi connectivity index (χ1) is 9.29. The quantitative estimate of drug-likeness (QED) is 0.811. The largest absolute Gasteiger partial charge is 0.351 e. The Hall–Kier alpha value is -1.28. The molecule has 2 heterocycles. The van der Waals surface area contributed by atoms with Crippen LogP contribution in [0.1, 0.15) is 37.7 Å². The molecule has 1 saturated heterocycles. The van der Waals surface area contributed by atoms with E-state index >= 15 is 0 Å². The van der Waals surface area contributed by atoms with E-state index in [4.69, 9.17) is 0 Å². The third kappa shape index (κ3) is 2.42. The number of rotatable bonds is 3. The van der Waals surface area contributed by atoms with Gasteiger partial charge < -0.3 is 9.47 Å². The number of aryl methyl sites for hydroxylation is 1. The fraction of sp³-hybridized carbons (Fsp3) is 0.529. The molecular weight excluding hydrogens is 232 g/mol. The Labute approximate surface area is 116 Å². The molecule has 2 heteroatoms. The van der Waals surface area contributed by atoms with Gasteiger partial charge in [0.1, 0.15) is 0 Å². The van der Waals surface area contributed by atoms with Gasteiger partial charge in [0.15, 0.2) is 0 Å². The van der Waals surface area contributed by atoms with E-state index in [0.717, 1.165) is 0 Å². The van der Waals surface area contributed by atoms with Crippen molar-refractivity contribution >= 4 is 10.9 Å². The molecule has 2 aromatic rings. The molecule has 0 spiro atoms. The molecule has 1 aromatic heterocycles. The molecule has 1 aliphatic heterocycles. The molecule has 0 aliphatic carbocycles. The standard InChI is InChI=1S/C17H24N2/c1-3-10-19-11-5-6-14(13-19)15-7-4-8-17-16(15)9-12-18(17)2/h4,7-9,12,14H,3,5-6,10-11,13H2,1-2H3. The predicted molar refractivity (Wildman–Crippen MR) is 81.6 cm³/mol. The van der Waals surface area contributed by atoms with Crippen molar-refractivity contribution in [2.45, 2.75) is 32.1 Å². The molecule has 19 heavy (non-hydrogen) atoms. The molecule has 0 N–H and O–H groups in total. The van der Waals surface area contributed by atoms with Gasteiger partial charge in [-0.15, -0.1) is 0 Å². The summed E-state index contributed by atoms with van der Waals surface area (Å²) < 4.78 is 2.23. The molecule has 3 rings (SSSR count). The van der Waals surface area contributed by atoms with Crippen molar-refractivity contribution < 1.29 is 0 Å². The zero-order chi connectivity index (χ0) is 13.2. The molecule has 1 fully saturated rings. The van der Waals surface area contributed by atoms with Crippen molar-refractivity contribution in [1.29, 1.82) is 0 Å². The number of fused-ring (bicyclic) bond motifs is 1. The van der Waals surface area contributed by atoms with Crippen LogP contribution in [-0.4, -0.2) is 29.1 Å². The maximum atomic E-state index is 2.63. The minimum Gasteiger partial charge on any atom is -0.351 e. The fourth-order valence-electron chi connectivity index (χ4n) is 3.51. The van der Waals surface area contributed by atoms with E-state index in [0.29, 0.717) is 5.92 Å². The normalized spacial score (nSPS) is 21.1. The lowest BCUT2D eigenvalue weighted by Crippen LogP contribution is -2.34. The van der Waals surface area contributed by atoms with Gasteiger partial charge in [0.25, 0.3) is 0 Å². The second kappa shape index (κ2) is 5.38. The number of likely N-dealkylation sites (tertiary alicyclic amines) is 1. The molecular formula is C17H24N2. The van der Waals surface area contributed by atoms with Gasteiger partial charge in [-0.25, -0.2) is 0 Å². The van der Waals surface area contributed by atoms with E-state index in [1.807, 2.05) is 0 Å². The Balaban J connectivity index is 1.91. The lowest BCUT2D eigenvalue weighted by atomic mass is 9.88. The van der Waals surface area contributed by atoms with Crippen LogP contribution in [0.15, 0.2) is 30.5 Å². The van der Waals surface area contributed by atoms with E-state index in [1.165, 1.54) is 49.8 Å². The first-order valence-electron chi connectivity index (χ1n) is 7.56. The summed E-state index contributed by atoms with van der Waals surface area (Å²) in [6.07, 6.45) is 6.13. The van der Waals surface area contributed by atoms with E-state index in [2.05, 4.69) is 53.9 Å². The average Bonchev–Trinajstić information content (AvgIpc) is 2.81. The SMILES string of the molecule is CCCN1CCCC(c2cccc3c2ccn3C)C1. The van der Waals surface area contributed by atoms with E-state index in [9.17, 15) is 0 Å². The van der Waals surface area contributed by atoms with Crippen molar-refractivity contribution in [3.8, 4) is 0 Å². The van der Waals surface area contributed by atoms with Crippen molar-refractivity contribution in [2.75, 3.05) is 19.6 Å². The van der Waals surface area contributed by atoms with Crippen LogP contribution in [0, 0.1) is 0 Å². The van der Waals surface area contributed by atoms with Crippen molar-refractivity contribution in [3.05, 3.63) is 36.0 Å². The van der Waals surface area contributed by atoms with Crippen LogP contribution >= 0.6 is 0 Å². The third-order valence-electron chi connectivity index (χ3n) is 4.45. The van der Waals surface area contributed by atoms with Gasteiger partial charge in [0, 0.05) is 30.7 Å². The summed E-state index contributed by atoms with van der Waals surface area (Å²) in [4.78, 5) is 2.63. The molecule has 2 nitrogen and oxygen atoms in total. The fourth-order valence-corrected chi connectivity index (χ4v) is 3.51. The molecule has 1 atom stereocenters. The number of nitrogens with zero attached hydrogens (tertiary/aromatic N) is 2. The number of piperidine rings is 1. The molecule has 0 bridgehead atoms. The number of hydrogen-bond acceptors (Lipinski definition) is 1. The zero-order valence-electron chi connectivity index (χ0n) is 12.1. The van der Waals surface area contributed by atoms with Crippen LogP contribution in [0.25, 0.3) is 10.9 Å². The van der Waals surface area contributed by atoms with Crippen molar-refractivity contribution in [1.82, 2.24) is 9.47 Å². The molecule has 1 unspecified atom stereocenters.